The minimum Gasteiger partial charge on any atom is -0.466 e. The molecular weight excluding hydrogens is 274 g/mol. The minimum absolute atomic E-state index is 0.00565. The number of pyridine rings is 1. The molecule has 1 saturated heterocycles. The van der Waals surface area contributed by atoms with Crippen LogP contribution >= 0.6 is 0 Å². The molecule has 1 fully saturated rings. The van der Waals surface area contributed by atoms with Crippen LogP contribution in [-0.2, 0) is 9.53 Å². The normalized spacial score (nSPS) is 21.4. The third-order valence-electron chi connectivity index (χ3n) is 3.81. The molecule has 0 saturated carbocycles. The quantitative estimate of drug-likeness (QED) is 0.480. The Morgan fingerprint density at radius 3 is 2.86 bits per heavy atom. The summed E-state index contributed by atoms with van der Waals surface area (Å²) < 4.78 is 5.11. The highest BCUT2D eigenvalue weighted by molar-refractivity contribution is 5.78. The van der Waals surface area contributed by atoms with Crippen molar-refractivity contribution < 1.29 is 14.5 Å². The van der Waals surface area contributed by atoms with E-state index in [9.17, 15) is 14.9 Å². The lowest BCUT2D eigenvalue weighted by Gasteiger charge is -2.23. The van der Waals surface area contributed by atoms with Crippen molar-refractivity contribution >= 4 is 17.5 Å². The molecule has 1 aliphatic heterocycles. The molecule has 0 aliphatic carbocycles. The first-order valence-electron chi connectivity index (χ1n) is 6.91. The van der Waals surface area contributed by atoms with Crippen molar-refractivity contribution in [2.75, 3.05) is 24.6 Å². The van der Waals surface area contributed by atoms with Gasteiger partial charge in [0.1, 0.15) is 11.5 Å². The van der Waals surface area contributed by atoms with E-state index in [1.807, 2.05) is 11.8 Å². The van der Waals surface area contributed by atoms with Gasteiger partial charge in [-0.05, 0) is 33.3 Å². The summed E-state index contributed by atoms with van der Waals surface area (Å²) in [6.45, 7) is 6.83. The number of rotatable bonds is 4. The van der Waals surface area contributed by atoms with Crippen molar-refractivity contribution in [2.45, 2.75) is 27.2 Å². The Morgan fingerprint density at radius 2 is 2.29 bits per heavy atom. The number of anilines is 1. The van der Waals surface area contributed by atoms with E-state index in [1.165, 1.54) is 6.07 Å². The van der Waals surface area contributed by atoms with Crippen molar-refractivity contribution in [3.8, 4) is 0 Å². The first-order valence-corrected chi connectivity index (χ1v) is 6.91. The lowest BCUT2D eigenvalue weighted by molar-refractivity contribution is -0.385. The lowest BCUT2D eigenvalue weighted by Crippen LogP contribution is -2.33. The molecule has 0 aromatic carbocycles. The van der Waals surface area contributed by atoms with Crippen LogP contribution in [0.25, 0.3) is 0 Å². The number of aryl methyl sites for hydroxylation is 1. The van der Waals surface area contributed by atoms with Crippen molar-refractivity contribution in [1.82, 2.24) is 4.98 Å². The molecule has 0 radical (unpaired) electrons. The Labute approximate surface area is 123 Å². The molecule has 2 rings (SSSR count). The Kier molecular flexibility index (Phi) is 4.11. The van der Waals surface area contributed by atoms with Gasteiger partial charge < -0.3 is 9.64 Å². The summed E-state index contributed by atoms with van der Waals surface area (Å²) >= 11 is 0. The van der Waals surface area contributed by atoms with Crippen LogP contribution in [0.5, 0.6) is 0 Å². The van der Waals surface area contributed by atoms with Gasteiger partial charge in [0, 0.05) is 19.2 Å². The van der Waals surface area contributed by atoms with Crippen molar-refractivity contribution in [1.29, 1.82) is 0 Å². The Morgan fingerprint density at radius 1 is 1.57 bits per heavy atom. The van der Waals surface area contributed by atoms with Gasteiger partial charge in [0.25, 0.3) is 5.69 Å². The number of carbonyl (C=O) groups excluding carboxylic acids is 1. The topological polar surface area (TPSA) is 85.6 Å². The van der Waals surface area contributed by atoms with E-state index in [0.29, 0.717) is 37.6 Å². The predicted octanol–water partition coefficient (Wildman–Crippen LogP) is 2.08. The molecule has 0 amide bonds. The molecule has 114 valence electrons. The van der Waals surface area contributed by atoms with Crippen LogP contribution in [0, 0.1) is 22.5 Å². The van der Waals surface area contributed by atoms with Crippen LogP contribution in [0.15, 0.2) is 12.1 Å². The maximum absolute atomic E-state index is 12.0. The highest BCUT2D eigenvalue weighted by atomic mass is 16.6. The van der Waals surface area contributed by atoms with Crippen molar-refractivity contribution in [3.63, 3.8) is 0 Å². The Bertz CT molecular complexity index is 575. The SMILES string of the molecule is CCOC(=O)C1(C)CCN(c2ccc([N+](=O)[O-])c(C)n2)C1. The van der Waals surface area contributed by atoms with E-state index in [0.717, 1.165) is 0 Å². The van der Waals surface area contributed by atoms with E-state index in [2.05, 4.69) is 4.98 Å². The second-order valence-corrected chi connectivity index (χ2v) is 5.48. The summed E-state index contributed by atoms with van der Waals surface area (Å²) in [5.74, 6) is 0.456. The second kappa shape index (κ2) is 5.67. The zero-order chi connectivity index (χ0) is 15.6. The van der Waals surface area contributed by atoms with Gasteiger partial charge >= 0.3 is 5.97 Å². The van der Waals surface area contributed by atoms with E-state index in [4.69, 9.17) is 4.74 Å². The van der Waals surface area contributed by atoms with Gasteiger partial charge in [-0.2, -0.15) is 0 Å². The highest BCUT2D eigenvalue weighted by Crippen LogP contribution is 2.34. The smallest absolute Gasteiger partial charge is 0.313 e. The largest absolute Gasteiger partial charge is 0.466 e. The monoisotopic (exact) mass is 293 g/mol. The van der Waals surface area contributed by atoms with Gasteiger partial charge in [0.05, 0.1) is 16.9 Å². The van der Waals surface area contributed by atoms with E-state index >= 15 is 0 Å². The number of carbonyl (C=O) groups is 1. The van der Waals surface area contributed by atoms with Gasteiger partial charge in [-0.3, -0.25) is 14.9 Å². The van der Waals surface area contributed by atoms with Crippen LogP contribution < -0.4 is 4.90 Å². The molecular formula is C14H19N3O4. The molecule has 1 aromatic heterocycles. The molecule has 7 nitrogen and oxygen atoms in total. The molecule has 1 aromatic rings. The van der Waals surface area contributed by atoms with Crippen LogP contribution in [0.4, 0.5) is 11.5 Å². The third-order valence-corrected chi connectivity index (χ3v) is 3.81. The zero-order valence-electron chi connectivity index (χ0n) is 12.5. The molecule has 21 heavy (non-hydrogen) atoms. The summed E-state index contributed by atoms with van der Waals surface area (Å²) in [5, 5.41) is 10.8. The Balaban J connectivity index is 2.16. The predicted molar refractivity (Wildman–Crippen MR) is 77.2 cm³/mol. The molecule has 0 N–H and O–H groups in total. The maximum atomic E-state index is 12.0. The second-order valence-electron chi connectivity index (χ2n) is 5.48. The summed E-state index contributed by atoms with van der Waals surface area (Å²) in [6.07, 6.45) is 0.684. The average Bonchev–Trinajstić information content (AvgIpc) is 2.82. The summed E-state index contributed by atoms with van der Waals surface area (Å²) in [4.78, 5) is 28.6. The molecule has 1 unspecified atom stereocenters. The summed E-state index contributed by atoms with van der Waals surface area (Å²) in [7, 11) is 0. The highest BCUT2D eigenvalue weighted by Gasteiger charge is 2.42. The standard InChI is InChI=1S/C14H19N3O4/c1-4-21-13(18)14(3)7-8-16(9-14)12-6-5-11(17(19)20)10(2)15-12/h5-6H,4,7-9H2,1-3H3. The number of esters is 1. The fraction of sp³-hybridized carbons (Fsp3) is 0.571. The van der Waals surface area contributed by atoms with E-state index in [-0.39, 0.29) is 11.7 Å². The van der Waals surface area contributed by atoms with E-state index < -0.39 is 10.3 Å². The van der Waals surface area contributed by atoms with Crippen molar-refractivity contribution in [3.05, 3.63) is 27.9 Å². The zero-order valence-corrected chi connectivity index (χ0v) is 12.5. The third kappa shape index (κ3) is 2.96. The van der Waals surface area contributed by atoms with Crippen LogP contribution in [0.1, 0.15) is 26.0 Å². The molecule has 0 bridgehead atoms. The summed E-state index contributed by atoms with van der Waals surface area (Å²) in [5.41, 5.74) is -0.166. The number of nitro groups is 1. The van der Waals surface area contributed by atoms with Crippen molar-refractivity contribution in [2.24, 2.45) is 5.41 Å². The van der Waals surface area contributed by atoms with Gasteiger partial charge in [0.2, 0.25) is 0 Å². The molecule has 2 heterocycles. The Hall–Kier alpha value is -2.18. The number of ether oxygens (including phenoxy) is 1. The van der Waals surface area contributed by atoms with Gasteiger partial charge in [-0.1, -0.05) is 0 Å². The van der Waals surface area contributed by atoms with Gasteiger partial charge in [-0.25, -0.2) is 4.98 Å². The fourth-order valence-electron chi connectivity index (χ4n) is 2.54. The molecule has 1 atom stereocenters. The van der Waals surface area contributed by atoms with E-state index in [1.54, 1.807) is 19.9 Å². The van der Waals surface area contributed by atoms with Crippen LogP contribution in [0.3, 0.4) is 0 Å². The number of hydrogen-bond acceptors (Lipinski definition) is 6. The van der Waals surface area contributed by atoms with Gasteiger partial charge in [-0.15, -0.1) is 0 Å². The molecule has 7 heteroatoms. The average molecular weight is 293 g/mol. The summed E-state index contributed by atoms with van der Waals surface area (Å²) in [6, 6.07) is 3.08. The minimum atomic E-state index is -0.548. The fourth-order valence-corrected chi connectivity index (χ4v) is 2.54. The number of hydrogen-bond donors (Lipinski definition) is 0. The first-order chi connectivity index (χ1) is 9.87. The first kappa shape index (κ1) is 15.2. The number of nitrogens with zero attached hydrogens (tertiary/aromatic N) is 3. The molecule has 0 spiro atoms. The van der Waals surface area contributed by atoms with Crippen LogP contribution in [0.2, 0.25) is 0 Å². The van der Waals surface area contributed by atoms with Gasteiger partial charge in [0.15, 0.2) is 0 Å². The van der Waals surface area contributed by atoms with Crippen LogP contribution in [-0.4, -0.2) is 35.6 Å². The molecule has 1 aliphatic rings. The maximum Gasteiger partial charge on any atom is 0.313 e. The lowest BCUT2D eigenvalue weighted by atomic mass is 9.90. The number of aromatic nitrogens is 1.